The standard InChI is InChI=1S/C8H5Br2F2NO/c9-2-4-1-5(8(11)12)6(3-14)7(10)13-4/h1,3,8H,2H2. The Balaban J connectivity index is 3.35. The SMILES string of the molecule is O=Cc1c(C(F)F)cc(CBr)nc1Br. The summed E-state index contributed by atoms with van der Waals surface area (Å²) in [7, 11) is 0. The Labute approximate surface area is 96.0 Å². The van der Waals surface area contributed by atoms with E-state index in [-0.39, 0.29) is 15.7 Å². The van der Waals surface area contributed by atoms with Crippen LogP contribution in [-0.2, 0) is 5.33 Å². The maximum atomic E-state index is 12.5. The zero-order valence-electron chi connectivity index (χ0n) is 6.81. The molecule has 0 radical (unpaired) electrons. The molecular formula is C8H5Br2F2NO. The molecular weight excluding hydrogens is 324 g/mol. The normalized spacial score (nSPS) is 10.6. The van der Waals surface area contributed by atoms with Crippen molar-refractivity contribution >= 4 is 38.1 Å². The van der Waals surface area contributed by atoms with Gasteiger partial charge in [-0.1, -0.05) is 15.9 Å². The molecule has 0 aliphatic heterocycles. The molecule has 0 aromatic carbocycles. The predicted octanol–water partition coefficient (Wildman–Crippen LogP) is 3.49. The highest BCUT2D eigenvalue weighted by atomic mass is 79.9. The molecule has 0 unspecified atom stereocenters. The van der Waals surface area contributed by atoms with Gasteiger partial charge in [0.25, 0.3) is 6.43 Å². The van der Waals surface area contributed by atoms with E-state index in [4.69, 9.17) is 0 Å². The van der Waals surface area contributed by atoms with E-state index in [0.29, 0.717) is 17.3 Å². The van der Waals surface area contributed by atoms with Crippen molar-refractivity contribution in [1.82, 2.24) is 4.98 Å². The summed E-state index contributed by atoms with van der Waals surface area (Å²) in [5, 5.41) is 0.366. The number of aromatic nitrogens is 1. The molecule has 14 heavy (non-hydrogen) atoms. The van der Waals surface area contributed by atoms with Crippen LogP contribution in [0.2, 0.25) is 0 Å². The van der Waals surface area contributed by atoms with Crippen LogP contribution >= 0.6 is 31.9 Å². The Morgan fingerprint density at radius 2 is 2.21 bits per heavy atom. The average Bonchev–Trinajstić information content (AvgIpc) is 2.16. The van der Waals surface area contributed by atoms with Crippen LogP contribution in [-0.4, -0.2) is 11.3 Å². The van der Waals surface area contributed by atoms with Crippen molar-refractivity contribution in [3.05, 3.63) is 27.5 Å². The molecule has 0 bridgehead atoms. The fourth-order valence-electron chi connectivity index (χ4n) is 0.961. The van der Waals surface area contributed by atoms with Gasteiger partial charge >= 0.3 is 0 Å². The van der Waals surface area contributed by atoms with Crippen LogP contribution in [0.15, 0.2) is 10.7 Å². The molecule has 0 saturated heterocycles. The minimum atomic E-state index is -2.67. The third kappa shape index (κ3) is 2.36. The van der Waals surface area contributed by atoms with E-state index in [0.717, 1.165) is 0 Å². The van der Waals surface area contributed by atoms with Gasteiger partial charge in [0.1, 0.15) is 4.60 Å². The Morgan fingerprint density at radius 1 is 1.57 bits per heavy atom. The number of alkyl halides is 3. The van der Waals surface area contributed by atoms with Gasteiger partial charge in [-0.15, -0.1) is 0 Å². The molecule has 0 N–H and O–H groups in total. The molecule has 1 aromatic rings. The first-order valence-corrected chi connectivity index (χ1v) is 5.50. The number of halogens is 4. The molecule has 6 heteroatoms. The summed E-state index contributed by atoms with van der Waals surface area (Å²) in [4.78, 5) is 14.4. The summed E-state index contributed by atoms with van der Waals surface area (Å²) in [5.74, 6) is 0. The topological polar surface area (TPSA) is 30.0 Å². The summed E-state index contributed by atoms with van der Waals surface area (Å²) < 4.78 is 25.1. The number of hydrogen-bond donors (Lipinski definition) is 0. The lowest BCUT2D eigenvalue weighted by molar-refractivity contribution is 0.110. The third-order valence-electron chi connectivity index (χ3n) is 1.59. The lowest BCUT2D eigenvalue weighted by Crippen LogP contribution is -2.00. The van der Waals surface area contributed by atoms with Crippen molar-refractivity contribution in [2.24, 2.45) is 0 Å². The number of carbonyl (C=O) groups is 1. The molecule has 0 saturated carbocycles. The maximum absolute atomic E-state index is 12.5. The van der Waals surface area contributed by atoms with Gasteiger partial charge in [0.15, 0.2) is 6.29 Å². The molecule has 0 aliphatic carbocycles. The number of pyridine rings is 1. The van der Waals surface area contributed by atoms with E-state index in [9.17, 15) is 13.6 Å². The van der Waals surface area contributed by atoms with Crippen molar-refractivity contribution in [2.75, 3.05) is 0 Å². The molecule has 2 nitrogen and oxygen atoms in total. The smallest absolute Gasteiger partial charge is 0.264 e. The summed E-state index contributed by atoms with van der Waals surface area (Å²) in [6, 6.07) is 1.22. The highest BCUT2D eigenvalue weighted by Gasteiger charge is 2.17. The van der Waals surface area contributed by atoms with E-state index in [1.807, 2.05) is 0 Å². The zero-order chi connectivity index (χ0) is 10.7. The van der Waals surface area contributed by atoms with Gasteiger partial charge in [-0.3, -0.25) is 4.79 Å². The number of aldehydes is 1. The van der Waals surface area contributed by atoms with Gasteiger partial charge in [0.2, 0.25) is 0 Å². The maximum Gasteiger partial charge on any atom is 0.264 e. The van der Waals surface area contributed by atoms with Crippen LogP contribution in [0, 0.1) is 0 Å². The van der Waals surface area contributed by atoms with Crippen molar-refractivity contribution in [1.29, 1.82) is 0 Å². The Morgan fingerprint density at radius 3 is 2.64 bits per heavy atom. The van der Waals surface area contributed by atoms with Gasteiger partial charge in [-0.05, 0) is 22.0 Å². The summed E-state index contributed by atoms with van der Waals surface area (Å²) in [5.41, 5.74) is 0.0683. The first kappa shape index (κ1) is 11.7. The van der Waals surface area contributed by atoms with E-state index < -0.39 is 6.43 Å². The average molecular weight is 329 g/mol. The van der Waals surface area contributed by atoms with Crippen molar-refractivity contribution in [3.8, 4) is 0 Å². The first-order chi connectivity index (χ1) is 6.60. The van der Waals surface area contributed by atoms with Gasteiger partial charge in [-0.2, -0.15) is 0 Å². The van der Waals surface area contributed by atoms with E-state index in [2.05, 4.69) is 36.8 Å². The first-order valence-electron chi connectivity index (χ1n) is 3.58. The molecule has 0 fully saturated rings. The lowest BCUT2D eigenvalue weighted by Gasteiger charge is -2.07. The molecule has 0 aliphatic rings. The number of hydrogen-bond acceptors (Lipinski definition) is 2. The largest absolute Gasteiger partial charge is 0.298 e. The fourth-order valence-corrected chi connectivity index (χ4v) is 1.80. The van der Waals surface area contributed by atoms with Crippen LogP contribution in [0.25, 0.3) is 0 Å². The molecule has 1 aromatic heterocycles. The third-order valence-corrected chi connectivity index (χ3v) is 2.77. The molecule has 0 amide bonds. The quantitative estimate of drug-likeness (QED) is 0.483. The van der Waals surface area contributed by atoms with Crippen molar-refractivity contribution in [3.63, 3.8) is 0 Å². The fraction of sp³-hybridized carbons (Fsp3) is 0.250. The summed E-state index contributed by atoms with van der Waals surface area (Å²) >= 11 is 6.08. The van der Waals surface area contributed by atoms with Crippen LogP contribution in [0.4, 0.5) is 8.78 Å². The zero-order valence-corrected chi connectivity index (χ0v) is 9.98. The molecule has 0 spiro atoms. The van der Waals surface area contributed by atoms with Gasteiger partial charge in [0, 0.05) is 10.9 Å². The van der Waals surface area contributed by atoms with Crippen LogP contribution in [0.3, 0.4) is 0 Å². The molecule has 1 rings (SSSR count). The van der Waals surface area contributed by atoms with Crippen LogP contribution in [0.5, 0.6) is 0 Å². The van der Waals surface area contributed by atoms with E-state index in [1.54, 1.807) is 0 Å². The van der Waals surface area contributed by atoms with Gasteiger partial charge in [0.05, 0.1) is 11.3 Å². The summed E-state index contributed by atoms with van der Waals surface area (Å²) in [6.07, 6.45) is -2.30. The van der Waals surface area contributed by atoms with Gasteiger partial charge in [-0.25, -0.2) is 13.8 Å². The lowest BCUT2D eigenvalue weighted by atomic mass is 10.1. The van der Waals surface area contributed by atoms with Crippen molar-refractivity contribution < 1.29 is 13.6 Å². The predicted molar refractivity (Wildman–Crippen MR) is 54.9 cm³/mol. The summed E-state index contributed by atoms with van der Waals surface area (Å²) in [6.45, 7) is 0. The monoisotopic (exact) mass is 327 g/mol. The second-order valence-corrected chi connectivity index (χ2v) is 3.77. The second-order valence-electron chi connectivity index (χ2n) is 2.46. The second kappa shape index (κ2) is 4.93. The Bertz CT molecular complexity index is 357. The Hall–Kier alpha value is -0.360. The number of rotatable bonds is 3. The number of nitrogens with zero attached hydrogens (tertiary/aromatic N) is 1. The number of carbonyl (C=O) groups excluding carboxylic acids is 1. The minimum absolute atomic E-state index is 0.0929. The van der Waals surface area contributed by atoms with E-state index >= 15 is 0 Å². The van der Waals surface area contributed by atoms with Crippen molar-refractivity contribution in [2.45, 2.75) is 11.8 Å². The van der Waals surface area contributed by atoms with Gasteiger partial charge < -0.3 is 0 Å². The van der Waals surface area contributed by atoms with Crippen LogP contribution < -0.4 is 0 Å². The van der Waals surface area contributed by atoms with Crippen LogP contribution in [0.1, 0.15) is 28.0 Å². The minimum Gasteiger partial charge on any atom is -0.298 e. The molecule has 76 valence electrons. The molecule has 0 atom stereocenters. The highest BCUT2D eigenvalue weighted by Crippen LogP contribution is 2.27. The molecule has 1 heterocycles. The highest BCUT2D eigenvalue weighted by molar-refractivity contribution is 9.10. The Kier molecular flexibility index (Phi) is 4.12. The van der Waals surface area contributed by atoms with E-state index in [1.165, 1.54) is 6.07 Å².